The summed E-state index contributed by atoms with van der Waals surface area (Å²) in [5.41, 5.74) is 0.339. The molecule has 1 aliphatic rings. The van der Waals surface area contributed by atoms with Gasteiger partial charge in [0, 0.05) is 32.1 Å². The maximum Gasteiger partial charge on any atom is 0.323 e. The molecule has 8 heteroatoms. The molecule has 36 heavy (non-hydrogen) atoms. The van der Waals surface area contributed by atoms with Crippen LogP contribution >= 0.6 is 0 Å². The van der Waals surface area contributed by atoms with Crippen molar-refractivity contribution in [2.75, 3.05) is 13.2 Å². The Morgan fingerprint density at radius 3 is 2.31 bits per heavy atom. The van der Waals surface area contributed by atoms with E-state index in [9.17, 15) is 19.5 Å². The summed E-state index contributed by atoms with van der Waals surface area (Å²) < 4.78 is 5.79. The summed E-state index contributed by atoms with van der Waals surface area (Å²) in [5, 5.41) is 15.2. The minimum absolute atomic E-state index is 0.134. The highest BCUT2D eigenvalue weighted by atomic mass is 16.6. The van der Waals surface area contributed by atoms with E-state index < -0.39 is 23.6 Å². The molecule has 0 bridgehead atoms. The third-order valence-corrected chi connectivity index (χ3v) is 6.85. The molecular formula is C28H45N3O5. The average Bonchev–Trinajstić information content (AvgIpc) is 3.18. The Balaban J connectivity index is 2.57. The van der Waals surface area contributed by atoms with Gasteiger partial charge in [0.1, 0.15) is 11.6 Å². The van der Waals surface area contributed by atoms with E-state index >= 15 is 0 Å². The maximum atomic E-state index is 13.4. The molecule has 1 aliphatic heterocycles. The van der Waals surface area contributed by atoms with Crippen molar-refractivity contribution in [3.05, 3.63) is 35.9 Å². The minimum Gasteiger partial charge on any atom is -0.459 e. The second-order valence-electron chi connectivity index (χ2n) is 10.8. The molecule has 4 atom stereocenters. The predicted octanol–water partition coefficient (Wildman–Crippen LogP) is 3.03. The maximum absolute atomic E-state index is 13.4. The number of hydrogen-bond donors (Lipinski definition) is 3. The van der Waals surface area contributed by atoms with Crippen LogP contribution in [0, 0.1) is 11.8 Å². The number of aliphatic hydroxyl groups is 1. The van der Waals surface area contributed by atoms with Crippen molar-refractivity contribution in [1.29, 1.82) is 0 Å². The summed E-state index contributed by atoms with van der Waals surface area (Å²) in [6, 6.07) is 8.45. The largest absolute Gasteiger partial charge is 0.459 e. The SMILES string of the molecule is CCC(CC)C[C@H](NC(C)=O)[C@H]1[C@H](C(=O)NCCO)C[C@H](C(=O)OC(C)(C)C)N1Cc1ccccc1. The number of likely N-dealkylation sites (tertiary alicyclic amines) is 1. The fourth-order valence-corrected chi connectivity index (χ4v) is 5.18. The summed E-state index contributed by atoms with van der Waals surface area (Å²) in [4.78, 5) is 41.2. The summed E-state index contributed by atoms with van der Waals surface area (Å²) >= 11 is 0. The number of amides is 2. The molecule has 0 aromatic heterocycles. The highest BCUT2D eigenvalue weighted by Gasteiger charge is 2.51. The molecule has 0 spiro atoms. The Morgan fingerprint density at radius 2 is 1.78 bits per heavy atom. The molecule has 3 N–H and O–H groups in total. The van der Waals surface area contributed by atoms with Gasteiger partial charge in [-0.2, -0.15) is 0 Å². The molecule has 8 nitrogen and oxygen atoms in total. The number of carbonyl (C=O) groups is 3. The molecule has 1 heterocycles. The molecule has 0 aliphatic carbocycles. The lowest BCUT2D eigenvalue weighted by Crippen LogP contribution is -2.56. The molecule has 2 amide bonds. The third kappa shape index (κ3) is 8.59. The van der Waals surface area contributed by atoms with Gasteiger partial charge in [0.05, 0.1) is 12.5 Å². The Morgan fingerprint density at radius 1 is 1.14 bits per heavy atom. The molecule has 1 fully saturated rings. The van der Waals surface area contributed by atoms with Gasteiger partial charge in [-0.15, -0.1) is 0 Å². The predicted molar refractivity (Wildman–Crippen MR) is 140 cm³/mol. The first-order chi connectivity index (χ1) is 17.0. The van der Waals surface area contributed by atoms with Crippen LogP contribution in [0.5, 0.6) is 0 Å². The van der Waals surface area contributed by atoms with Crippen molar-refractivity contribution in [3.63, 3.8) is 0 Å². The van der Waals surface area contributed by atoms with Crippen LogP contribution in [-0.4, -0.2) is 64.7 Å². The van der Waals surface area contributed by atoms with Crippen molar-refractivity contribution in [2.24, 2.45) is 11.8 Å². The van der Waals surface area contributed by atoms with Crippen molar-refractivity contribution in [3.8, 4) is 0 Å². The van der Waals surface area contributed by atoms with Crippen molar-refractivity contribution >= 4 is 17.8 Å². The molecule has 1 aromatic rings. The van der Waals surface area contributed by atoms with E-state index in [-0.39, 0.29) is 43.4 Å². The number of nitrogens with one attached hydrogen (secondary N) is 2. The van der Waals surface area contributed by atoms with E-state index in [1.807, 2.05) is 51.1 Å². The van der Waals surface area contributed by atoms with Crippen LogP contribution in [0.15, 0.2) is 30.3 Å². The van der Waals surface area contributed by atoms with Gasteiger partial charge < -0.3 is 20.5 Å². The Hall–Kier alpha value is -2.45. The first-order valence-electron chi connectivity index (χ1n) is 13.2. The van der Waals surface area contributed by atoms with Gasteiger partial charge >= 0.3 is 5.97 Å². The van der Waals surface area contributed by atoms with Crippen LogP contribution in [0.3, 0.4) is 0 Å². The highest BCUT2D eigenvalue weighted by Crippen LogP contribution is 2.37. The lowest BCUT2D eigenvalue weighted by atomic mass is 9.85. The van der Waals surface area contributed by atoms with Gasteiger partial charge in [0.15, 0.2) is 0 Å². The zero-order valence-corrected chi connectivity index (χ0v) is 22.8. The van der Waals surface area contributed by atoms with Gasteiger partial charge in [-0.3, -0.25) is 19.3 Å². The first kappa shape index (κ1) is 29.8. The zero-order valence-electron chi connectivity index (χ0n) is 22.8. The van der Waals surface area contributed by atoms with E-state index in [2.05, 4.69) is 29.4 Å². The van der Waals surface area contributed by atoms with Crippen molar-refractivity contribution in [2.45, 2.75) is 97.5 Å². The van der Waals surface area contributed by atoms with E-state index in [1.54, 1.807) is 0 Å². The Bertz CT molecular complexity index is 850. The van der Waals surface area contributed by atoms with E-state index in [4.69, 9.17) is 4.74 Å². The average molecular weight is 504 g/mol. The Kier molecular flexibility index (Phi) is 11.4. The summed E-state index contributed by atoms with van der Waals surface area (Å²) in [5.74, 6) is -0.949. The van der Waals surface area contributed by atoms with Gasteiger partial charge in [-0.25, -0.2) is 0 Å². The molecule has 1 saturated heterocycles. The number of ether oxygens (including phenoxy) is 1. The van der Waals surface area contributed by atoms with E-state index in [1.165, 1.54) is 6.92 Å². The number of esters is 1. The van der Waals surface area contributed by atoms with Crippen LogP contribution in [0.4, 0.5) is 0 Å². The van der Waals surface area contributed by atoms with Crippen molar-refractivity contribution < 1.29 is 24.2 Å². The van der Waals surface area contributed by atoms with Gasteiger partial charge in [-0.1, -0.05) is 57.0 Å². The molecule has 1 aromatic carbocycles. The lowest BCUT2D eigenvalue weighted by Gasteiger charge is -2.38. The minimum atomic E-state index is -0.672. The highest BCUT2D eigenvalue weighted by molar-refractivity contribution is 5.84. The zero-order chi connectivity index (χ0) is 26.9. The van der Waals surface area contributed by atoms with Gasteiger partial charge in [0.25, 0.3) is 0 Å². The molecule has 0 unspecified atom stereocenters. The summed E-state index contributed by atoms with van der Waals surface area (Å²) in [6.45, 7) is 11.6. The number of benzene rings is 1. The van der Waals surface area contributed by atoms with Crippen LogP contribution in [0.1, 0.15) is 72.8 Å². The summed E-state index contributed by atoms with van der Waals surface area (Å²) in [7, 11) is 0. The second-order valence-corrected chi connectivity index (χ2v) is 10.8. The number of aliphatic hydroxyl groups excluding tert-OH is 1. The quantitative estimate of drug-likeness (QED) is 0.379. The molecule has 0 radical (unpaired) electrons. The van der Waals surface area contributed by atoms with Crippen LogP contribution in [0.2, 0.25) is 0 Å². The third-order valence-electron chi connectivity index (χ3n) is 6.85. The first-order valence-corrected chi connectivity index (χ1v) is 13.2. The van der Waals surface area contributed by atoms with Gasteiger partial charge in [-0.05, 0) is 45.1 Å². The van der Waals surface area contributed by atoms with Crippen LogP contribution in [0.25, 0.3) is 0 Å². The monoisotopic (exact) mass is 503 g/mol. The fourth-order valence-electron chi connectivity index (χ4n) is 5.18. The van der Waals surface area contributed by atoms with Gasteiger partial charge in [0.2, 0.25) is 11.8 Å². The van der Waals surface area contributed by atoms with E-state index in [0.29, 0.717) is 18.9 Å². The smallest absolute Gasteiger partial charge is 0.323 e. The normalized spacial score (nSPS) is 21.3. The van der Waals surface area contributed by atoms with Crippen LogP contribution < -0.4 is 10.6 Å². The number of hydrogen-bond acceptors (Lipinski definition) is 6. The van der Waals surface area contributed by atoms with E-state index in [0.717, 1.165) is 18.4 Å². The summed E-state index contributed by atoms with van der Waals surface area (Å²) in [6.07, 6.45) is 2.89. The number of rotatable bonds is 12. The second kappa shape index (κ2) is 13.7. The molecule has 202 valence electrons. The lowest BCUT2D eigenvalue weighted by molar-refractivity contribution is -0.161. The van der Waals surface area contributed by atoms with Crippen molar-refractivity contribution in [1.82, 2.24) is 15.5 Å². The standard InChI is InChI=1S/C28H45N3O5/c1-7-20(8-2)16-23(30-19(3)33)25-22(26(34)29-14-15-32)17-24(27(35)36-28(4,5)6)31(25)18-21-12-10-9-11-13-21/h9-13,20,22-25,32H,7-8,14-18H2,1-6H3,(H,29,34)(H,30,33)/t22-,23+,24-,25-/m1/s1. The fraction of sp³-hybridized carbons (Fsp3) is 0.679. The molecule has 0 saturated carbocycles. The number of nitrogens with zero attached hydrogens (tertiary/aromatic N) is 1. The van der Waals surface area contributed by atoms with Crippen LogP contribution in [-0.2, 0) is 25.7 Å². The topological polar surface area (TPSA) is 108 Å². The number of carbonyl (C=O) groups excluding carboxylic acids is 3. The molecule has 2 rings (SSSR count). The molecular weight excluding hydrogens is 458 g/mol. The Labute approximate surface area is 216 Å².